The minimum absolute atomic E-state index is 0.0367. The second-order valence-corrected chi connectivity index (χ2v) is 7.79. The number of carbonyl (C=O) groups excluding carboxylic acids is 2. The number of methoxy groups -OCH3 is 2. The number of esters is 2. The molecule has 9 heteroatoms. The number of phenols is 1. The van der Waals surface area contributed by atoms with Gasteiger partial charge in [0.15, 0.2) is 0 Å². The Morgan fingerprint density at radius 1 is 0.964 bits per heavy atom. The predicted octanol–water partition coefficient (Wildman–Crippen LogP) is 2.69. The Kier molecular flexibility index (Phi) is 5.98. The maximum atomic E-state index is 13.0. The van der Waals surface area contributed by atoms with Gasteiger partial charge in [0.25, 0.3) is 10.0 Å². The van der Waals surface area contributed by atoms with Gasteiger partial charge in [-0.15, -0.1) is 0 Å². The Balaban J connectivity index is 2.64. The molecule has 0 bridgehead atoms. The fourth-order valence-corrected chi connectivity index (χ4v) is 3.98. The van der Waals surface area contributed by atoms with Crippen molar-refractivity contribution in [3.8, 4) is 5.75 Å². The number of rotatable bonds is 5. The second kappa shape index (κ2) is 7.89. The average Bonchev–Trinajstić information content (AvgIpc) is 2.68. The van der Waals surface area contributed by atoms with E-state index < -0.39 is 26.9 Å². The summed E-state index contributed by atoms with van der Waals surface area (Å²) in [5.74, 6) is -1.55. The Labute approximate surface area is 163 Å². The van der Waals surface area contributed by atoms with E-state index in [1.807, 2.05) is 0 Å². The van der Waals surface area contributed by atoms with Gasteiger partial charge in [-0.05, 0) is 61.7 Å². The number of anilines is 1. The van der Waals surface area contributed by atoms with Crippen LogP contribution in [0.15, 0.2) is 29.2 Å². The largest absolute Gasteiger partial charge is 0.507 e. The molecule has 0 aromatic heterocycles. The molecular weight excluding hydrogens is 386 g/mol. The van der Waals surface area contributed by atoms with Crippen LogP contribution in [0.4, 0.5) is 5.69 Å². The molecule has 150 valence electrons. The fraction of sp³-hybridized carbons (Fsp3) is 0.263. The monoisotopic (exact) mass is 407 g/mol. The predicted molar refractivity (Wildman–Crippen MR) is 102 cm³/mol. The highest BCUT2D eigenvalue weighted by Gasteiger charge is 2.26. The quantitative estimate of drug-likeness (QED) is 0.578. The van der Waals surface area contributed by atoms with Crippen LogP contribution < -0.4 is 4.72 Å². The van der Waals surface area contributed by atoms with Crippen molar-refractivity contribution >= 4 is 27.6 Å². The third-order valence-electron chi connectivity index (χ3n) is 4.40. The van der Waals surface area contributed by atoms with Crippen molar-refractivity contribution in [2.75, 3.05) is 18.9 Å². The summed E-state index contributed by atoms with van der Waals surface area (Å²) in [6.07, 6.45) is 0. The first kappa shape index (κ1) is 21.2. The highest BCUT2D eigenvalue weighted by Crippen LogP contribution is 2.32. The van der Waals surface area contributed by atoms with Crippen LogP contribution in [0.1, 0.15) is 37.4 Å². The normalized spacial score (nSPS) is 11.0. The van der Waals surface area contributed by atoms with E-state index in [2.05, 4.69) is 14.2 Å². The third-order valence-corrected chi connectivity index (χ3v) is 5.80. The molecule has 0 amide bonds. The van der Waals surface area contributed by atoms with Crippen molar-refractivity contribution in [2.24, 2.45) is 0 Å². The number of carbonyl (C=O) groups is 2. The summed E-state index contributed by atoms with van der Waals surface area (Å²) in [6.45, 7) is 4.95. The van der Waals surface area contributed by atoms with Crippen LogP contribution in [0.25, 0.3) is 0 Å². The van der Waals surface area contributed by atoms with Gasteiger partial charge in [-0.25, -0.2) is 18.0 Å². The zero-order valence-electron chi connectivity index (χ0n) is 16.1. The van der Waals surface area contributed by atoms with E-state index in [1.165, 1.54) is 18.2 Å². The average molecular weight is 407 g/mol. The molecule has 0 unspecified atom stereocenters. The molecule has 2 N–H and O–H groups in total. The molecule has 0 heterocycles. The lowest BCUT2D eigenvalue weighted by Gasteiger charge is -2.16. The topological polar surface area (TPSA) is 119 Å². The van der Waals surface area contributed by atoms with Crippen LogP contribution in [0.5, 0.6) is 5.75 Å². The molecule has 28 heavy (non-hydrogen) atoms. The summed E-state index contributed by atoms with van der Waals surface area (Å²) in [6, 6.07) is 5.00. The van der Waals surface area contributed by atoms with E-state index in [1.54, 1.807) is 20.8 Å². The molecule has 0 aliphatic carbocycles. The number of ether oxygens (including phenoxy) is 2. The van der Waals surface area contributed by atoms with Gasteiger partial charge in [-0.2, -0.15) is 0 Å². The first-order chi connectivity index (χ1) is 13.0. The Hall–Kier alpha value is -3.07. The van der Waals surface area contributed by atoms with Crippen molar-refractivity contribution in [1.29, 1.82) is 0 Å². The van der Waals surface area contributed by atoms with Crippen molar-refractivity contribution in [3.63, 3.8) is 0 Å². The first-order valence-electron chi connectivity index (χ1n) is 8.16. The number of sulfonamides is 1. The Morgan fingerprint density at radius 3 is 2.14 bits per heavy atom. The number of aromatic hydroxyl groups is 1. The van der Waals surface area contributed by atoms with Gasteiger partial charge in [0.2, 0.25) is 0 Å². The molecule has 2 rings (SSSR count). The molecular formula is C19H21NO7S. The highest BCUT2D eigenvalue weighted by atomic mass is 32.2. The lowest BCUT2D eigenvalue weighted by molar-refractivity contribution is 0.0583. The molecule has 0 saturated carbocycles. The number of hydrogen-bond acceptors (Lipinski definition) is 7. The minimum Gasteiger partial charge on any atom is -0.507 e. The summed E-state index contributed by atoms with van der Waals surface area (Å²) in [4.78, 5) is 23.4. The van der Waals surface area contributed by atoms with E-state index in [0.717, 1.165) is 20.3 Å². The molecule has 0 fully saturated rings. The minimum atomic E-state index is -4.27. The first-order valence-corrected chi connectivity index (χ1v) is 9.65. The zero-order valence-corrected chi connectivity index (χ0v) is 16.9. The summed E-state index contributed by atoms with van der Waals surface area (Å²) in [5, 5.41) is 10.0. The van der Waals surface area contributed by atoms with E-state index in [4.69, 9.17) is 0 Å². The molecule has 0 atom stereocenters. The molecule has 2 aromatic carbocycles. The maximum Gasteiger partial charge on any atom is 0.339 e. The van der Waals surface area contributed by atoms with Gasteiger partial charge in [0.1, 0.15) is 10.6 Å². The van der Waals surface area contributed by atoms with Crippen molar-refractivity contribution in [1.82, 2.24) is 0 Å². The maximum absolute atomic E-state index is 13.0. The van der Waals surface area contributed by atoms with Crippen LogP contribution in [0.2, 0.25) is 0 Å². The van der Waals surface area contributed by atoms with Crippen LogP contribution in [0, 0.1) is 20.8 Å². The number of benzene rings is 2. The lowest BCUT2D eigenvalue weighted by atomic mass is 10.0. The second-order valence-electron chi connectivity index (χ2n) is 6.14. The highest BCUT2D eigenvalue weighted by molar-refractivity contribution is 7.92. The van der Waals surface area contributed by atoms with Crippen LogP contribution in [-0.4, -0.2) is 39.7 Å². The van der Waals surface area contributed by atoms with E-state index in [9.17, 15) is 23.1 Å². The molecule has 0 aliphatic rings. The van der Waals surface area contributed by atoms with Gasteiger partial charge >= 0.3 is 11.9 Å². The van der Waals surface area contributed by atoms with Crippen LogP contribution in [-0.2, 0) is 19.5 Å². The molecule has 2 aromatic rings. The van der Waals surface area contributed by atoms with Crippen LogP contribution >= 0.6 is 0 Å². The number of hydrogen-bond donors (Lipinski definition) is 2. The molecule has 0 radical (unpaired) electrons. The third kappa shape index (κ3) is 3.94. The SMILES string of the molecule is COC(=O)c1ccc(C(=O)OC)c(S(=O)(=O)Nc2cc(C)c(O)c(C)c2C)c1. The number of nitrogens with one attached hydrogen (secondary N) is 1. The molecule has 0 spiro atoms. The standard InChI is InChI=1S/C19H21NO7S/c1-10-8-15(11(2)12(3)17(10)21)20-28(24,25)16-9-13(18(22)26-4)6-7-14(16)19(23)27-5/h6-9,20-21H,1-5H3. The van der Waals surface area contributed by atoms with Gasteiger partial charge in [-0.1, -0.05) is 0 Å². The number of phenolic OH excluding ortho intramolecular Hbond substituents is 1. The Bertz CT molecular complexity index is 1060. The van der Waals surface area contributed by atoms with Crippen molar-refractivity contribution < 1.29 is 32.6 Å². The van der Waals surface area contributed by atoms with Gasteiger partial charge in [0, 0.05) is 0 Å². The van der Waals surface area contributed by atoms with E-state index in [-0.39, 0.29) is 22.6 Å². The molecule has 0 saturated heterocycles. The Morgan fingerprint density at radius 2 is 1.57 bits per heavy atom. The van der Waals surface area contributed by atoms with E-state index in [0.29, 0.717) is 16.7 Å². The molecule has 8 nitrogen and oxygen atoms in total. The summed E-state index contributed by atoms with van der Waals surface area (Å²) in [7, 11) is -1.99. The van der Waals surface area contributed by atoms with Gasteiger partial charge in [-0.3, -0.25) is 4.72 Å². The summed E-state index contributed by atoms with van der Waals surface area (Å²) >= 11 is 0. The summed E-state index contributed by atoms with van der Waals surface area (Å²) in [5.41, 5.74) is 1.51. The van der Waals surface area contributed by atoms with Crippen molar-refractivity contribution in [3.05, 3.63) is 52.1 Å². The fourth-order valence-electron chi connectivity index (χ4n) is 2.64. The van der Waals surface area contributed by atoms with E-state index >= 15 is 0 Å². The number of aryl methyl sites for hydroxylation is 1. The summed E-state index contributed by atoms with van der Waals surface area (Å²) < 4.78 is 37.7. The lowest BCUT2D eigenvalue weighted by Crippen LogP contribution is -2.19. The van der Waals surface area contributed by atoms with Gasteiger partial charge < -0.3 is 14.6 Å². The smallest absolute Gasteiger partial charge is 0.339 e. The van der Waals surface area contributed by atoms with Crippen molar-refractivity contribution in [2.45, 2.75) is 25.7 Å². The zero-order chi connectivity index (χ0) is 21.2. The van der Waals surface area contributed by atoms with Gasteiger partial charge in [0.05, 0.1) is 31.0 Å². The van der Waals surface area contributed by atoms with Crippen LogP contribution in [0.3, 0.4) is 0 Å². The molecule has 0 aliphatic heterocycles.